The van der Waals surface area contributed by atoms with Gasteiger partial charge in [0.15, 0.2) is 5.79 Å². The van der Waals surface area contributed by atoms with Crippen LogP contribution in [0.3, 0.4) is 0 Å². The van der Waals surface area contributed by atoms with Crippen molar-refractivity contribution in [2.75, 3.05) is 19.8 Å². The van der Waals surface area contributed by atoms with Gasteiger partial charge in [0.2, 0.25) is 11.8 Å². The fourth-order valence-electron chi connectivity index (χ4n) is 5.36. The first kappa shape index (κ1) is 40.1. The Morgan fingerprint density at radius 2 is 1.45 bits per heavy atom. The summed E-state index contributed by atoms with van der Waals surface area (Å²) in [6, 6.07) is -0.220. The highest BCUT2D eigenvalue weighted by molar-refractivity contribution is 5.82. The number of amides is 2. The van der Waals surface area contributed by atoms with Gasteiger partial charge in [-0.05, 0) is 58.3 Å². The lowest BCUT2D eigenvalue weighted by atomic mass is 9.85. The van der Waals surface area contributed by atoms with Gasteiger partial charge in [0.05, 0.1) is 19.1 Å². The van der Waals surface area contributed by atoms with Gasteiger partial charge in [0.1, 0.15) is 12.7 Å². The van der Waals surface area contributed by atoms with E-state index in [0.717, 1.165) is 32.1 Å². The minimum Gasteiger partial charge on any atom is -0.463 e. The number of unbranched alkanes of at least 4 members (excludes halogenated alkanes) is 11. The van der Waals surface area contributed by atoms with Crippen molar-refractivity contribution in [2.45, 2.75) is 169 Å². The van der Waals surface area contributed by atoms with Crippen molar-refractivity contribution in [1.29, 1.82) is 0 Å². The van der Waals surface area contributed by atoms with Crippen LogP contribution in [0.4, 0.5) is 0 Å². The van der Waals surface area contributed by atoms with Crippen molar-refractivity contribution < 1.29 is 28.6 Å². The average Bonchev–Trinajstić information content (AvgIpc) is 2.95. The first-order valence-electron chi connectivity index (χ1n) is 17.6. The molecule has 0 aromatic heterocycles. The molecule has 0 aliphatic carbocycles. The summed E-state index contributed by atoms with van der Waals surface area (Å²) in [5.41, 5.74) is -0.480. The van der Waals surface area contributed by atoms with Crippen LogP contribution in [-0.2, 0) is 28.6 Å². The molecular formula is C36H66N2O6. The molecule has 0 aromatic rings. The molecule has 2 amide bonds. The number of hydrogen-bond acceptors (Lipinski definition) is 6. The Balaban J connectivity index is 2.20. The molecule has 1 rings (SSSR count). The van der Waals surface area contributed by atoms with Crippen molar-refractivity contribution in [3.63, 3.8) is 0 Å². The molecule has 1 heterocycles. The van der Waals surface area contributed by atoms with Crippen molar-refractivity contribution in [3.05, 3.63) is 12.2 Å². The molecule has 0 saturated carbocycles. The number of hydrogen-bond donors (Lipinski definition) is 2. The number of nitrogens with one attached hydrogen (secondary N) is 2. The number of rotatable bonds is 24. The van der Waals surface area contributed by atoms with E-state index >= 15 is 0 Å². The van der Waals surface area contributed by atoms with Crippen molar-refractivity contribution >= 4 is 17.8 Å². The molecule has 8 nitrogen and oxygen atoms in total. The highest BCUT2D eigenvalue weighted by Gasteiger charge is 2.45. The van der Waals surface area contributed by atoms with Crippen LogP contribution in [-0.4, -0.2) is 55.5 Å². The number of esters is 1. The predicted octanol–water partition coefficient (Wildman–Crippen LogP) is 7.78. The van der Waals surface area contributed by atoms with E-state index in [2.05, 4.69) is 43.6 Å². The Kier molecular flexibility index (Phi) is 20.6. The maximum atomic E-state index is 12.7. The molecule has 44 heavy (non-hydrogen) atoms. The van der Waals surface area contributed by atoms with Crippen LogP contribution in [0.25, 0.3) is 0 Å². The summed E-state index contributed by atoms with van der Waals surface area (Å²) in [5.74, 6) is -1.14. The number of carbonyl (C=O) groups excluding carboxylic acids is 3. The second-order valence-electron chi connectivity index (χ2n) is 14.1. The molecule has 1 aliphatic heterocycles. The second-order valence-corrected chi connectivity index (χ2v) is 14.1. The van der Waals surface area contributed by atoms with Crippen LogP contribution in [0.5, 0.6) is 0 Å². The topological polar surface area (TPSA) is 103 Å². The van der Waals surface area contributed by atoms with Crippen molar-refractivity contribution in [3.8, 4) is 0 Å². The van der Waals surface area contributed by atoms with E-state index in [0.29, 0.717) is 18.9 Å². The van der Waals surface area contributed by atoms with Crippen LogP contribution in [0.1, 0.15) is 151 Å². The lowest BCUT2D eigenvalue weighted by Crippen LogP contribution is -2.56. The SMILES string of the molecule is CCCCCCCCC=CCCCCCCCC(=O)N[C@H](COC(=O)CCNC(=O)C1OC(C)(C)OCC1(C)C)CC(C)C. The predicted molar refractivity (Wildman–Crippen MR) is 178 cm³/mol. The van der Waals surface area contributed by atoms with E-state index in [9.17, 15) is 14.4 Å². The van der Waals surface area contributed by atoms with Gasteiger partial charge in [0, 0.05) is 18.4 Å². The molecule has 0 spiro atoms. The zero-order valence-corrected chi connectivity index (χ0v) is 29.3. The third-order valence-electron chi connectivity index (χ3n) is 8.00. The fraction of sp³-hybridized carbons (Fsp3) is 0.861. The van der Waals surface area contributed by atoms with Crippen molar-refractivity contribution in [1.82, 2.24) is 10.6 Å². The van der Waals surface area contributed by atoms with E-state index in [1.54, 1.807) is 13.8 Å². The first-order valence-corrected chi connectivity index (χ1v) is 17.6. The minimum atomic E-state index is -0.837. The lowest BCUT2D eigenvalue weighted by Gasteiger charge is -2.44. The standard InChI is InChI=1S/C36H66N2O6/c1-8-9-10-11-12-13-14-15-16-17-18-19-20-21-22-23-31(39)38-30(26-29(2)3)27-42-32(40)24-25-37-34(41)33-35(4,5)28-43-36(6,7)44-33/h15-16,29-30,33H,8-14,17-28H2,1-7H3,(H,37,41)(H,38,39)/t30-,33?/m0/s1. The Morgan fingerprint density at radius 1 is 0.864 bits per heavy atom. The smallest absolute Gasteiger partial charge is 0.307 e. The fourth-order valence-corrected chi connectivity index (χ4v) is 5.36. The molecule has 2 N–H and O–H groups in total. The van der Waals surface area contributed by atoms with Crippen LogP contribution in [0.2, 0.25) is 0 Å². The largest absolute Gasteiger partial charge is 0.463 e. The summed E-state index contributed by atoms with van der Waals surface area (Å²) in [7, 11) is 0. The van der Waals surface area contributed by atoms with Crippen molar-refractivity contribution in [2.24, 2.45) is 11.3 Å². The highest BCUT2D eigenvalue weighted by atomic mass is 16.7. The molecule has 2 atom stereocenters. The first-order chi connectivity index (χ1) is 20.9. The maximum absolute atomic E-state index is 12.7. The van der Waals surface area contributed by atoms with Gasteiger partial charge in [-0.1, -0.05) is 98.1 Å². The molecule has 0 radical (unpaired) electrons. The summed E-state index contributed by atoms with van der Waals surface area (Å²) in [4.78, 5) is 37.7. The zero-order chi connectivity index (χ0) is 32.8. The summed E-state index contributed by atoms with van der Waals surface area (Å²) < 4.78 is 17.0. The van der Waals surface area contributed by atoms with Crippen LogP contribution in [0.15, 0.2) is 12.2 Å². The lowest BCUT2D eigenvalue weighted by molar-refractivity contribution is -0.304. The molecule has 0 aromatic carbocycles. The highest BCUT2D eigenvalue weighted by Crippen LogP contribution is 2.34. The number of allylic oxidation sites excluding steroid dienone is 2. The molecule has 1 aliphatic rings. The monoisotopic (exact) mass is 622 g/mol. The van der Waals surface area contributed by atoms with Crippen LogP contribution < -0.4 is 10.6 Å². The Hall–Kier alpha value is -1.93. The Labute approximate surface area is 269 Å². The second kappa shape index (κ2) is 22.6. The van der Waals surface area contributed by atoms with Gasteiger partial charge in [-0.2, -0.15) is 0 Å². The number of ether oxygens (including phenoxy) is 3. The molecular weight excluding hydrogens is 556 g/mol. The Bertz CT molecular complexity index is 838. The molecule has 1 fully saturated rings. The molecule has 256 valence electrons. The maximum Gasteiger partial charge on any atom is 0.307 e. The molecule has 1 unspecified atom stereocenters. The van der Waals surface area contributed by atoms with E-state index in [4.69, 9.17) is 14.2 Å². The number of carbonyl (C=O) groups is 3. The average molecular weight is 623 g/mol. The van der Waals surface area contributed by atoms with E-state index in [1.807, 2.05) is 13.8 Å². The van der Waals surface area contributed by atoms with Gasteiger partial charge < -0.3 is 24.8 Å². The van der Waals surface area contributed by atoms with Gasteiger partial charge in [-0.25, -0.2) is 0 Å². The van der Waals surface area contributed by atoms with Gasteiger partial charge in [-0.3, -0.25) is 14.4 Å². The van der Waals surface area contributed by atoms with Gasteiger partial charge >= 0.3 is 5.97 Å². The molecule has 0 bridgehead atoms. The minimum absolute atomic E-state index is 0.0126. The van der Waals surface area contributed by atoms with E-state index in [1.165, 1.54) is 57.8 Å². The zero-order valence-electron chi connectivity index (χ0n) is 29.3. The molecule has 1 saturated heterocycles. The van der Waals surface area contributed by atoms with Gasteiger partial charge in [-0.15, -0.1) is 0 Å². The Morgan fingerprint density at radius 3 is 2.07 bits per heavy atom. The summed E-state index contributed by atoms with van der Waals surface area (Å²) in [5, 5.41) is 5.86. The van der Waals surface area contributed by atoms with E-state index in [-0.39, 0.29) is 37.4 Å². The third kappa shape index (κ3) is 19.5. The summed E-state index contributed by atoms with van der Waals surface area (Å²) in [6.07, 6.45) is 21.2. The summed E-state index contributed by atoms with van der Waals surface area (Å²) >= 11 is 0. The van der Waals surface area contributed by atoms with E-state index < -0.39 is 23.3 Å². The third-order valence-corrected chi connectivity index (χ3v) is 8.00. The quantitative estimate of drug-likeness (QED) is 0.0647. The van der Waals surface area contributed by atoms with Gasteiger partial charge in [0.25, 0.3) is 0 Å². The van der Waals surface area contributed by atoms with Crippen LogP contribution >= 0.6 is 0 Å². The van der Waals surface area contributed by atoms with Crippen LogP contribution in [0, 0.1) is 11.3 Å². The molecule has 8 heteroatoms. The summed E-state index contributed by atoms with van der Waals surface area (Å²) in [6.45, 7) is 14.5. The normalized spacial score (nSPS) is 18.3.